The zero-order chi connectivity index (χ0) is 21.9. The van der Waals surface area contributed by atoms with Gasteiger partial charge in [0.15, 0.2) is 0 Å². The molecule has 0 saturated heterocycles. The van der Waals surface area contributed by atoms with Crippen molar-refractivity contribution >= 4 is 82.6 Å². The lowest BCUT2D eigenvalue weighted by molar-refractivity contribution is -0.197. The van der Waals surface area contributed by atoms with Crippen LogP contribution in [0.4, 0.5) is 17.6 Å². The number of hydrogen-bond donors (Lipinski definition) is 1. The highest BCUT2D eigenvalue weighted by atomic mass is 79.9. The zero-order valence-corrected chi connectivity index (χ0v) is 19.9. The minimum Gasteiger partial charge on any atom is -0.320 e. The molecule has 30 heavy (non-hydrogen) atoms. The van der Waals surface area contributed by atoms with E-state index in [1.165, 1.54) is 34.5 Å². The number of aromatic nitrogens is 2. The first-order chi connectivity index (χ1) is 13.9. The van der Waals surface area contributed by atoms with Gasteiger partial charge in [0.1, 0.15) is 0 Å². The van der Waals surface area contributed by atoms with Gasteiger partial charge in [-0.15, -0.1) is 22.7 Å². The summed E-state index contributed by atoms with van der Waals surface area (Å²) in [6.07, 6.45) is -4.51. The molecule has 0 spiro atoms. The fourth-order valence-corrected chi connectivity index (χ4v) is 6.49. The van der Waals surface area contributed by atoms with Crippen molar-refractivity contribution in [1.29, 1.82) is 0 Å². The van der Waals surface area contributed by atoms with Gasteiger partial charge in [-0.1, -0.05) is 31.9 Å². The van der Waals surface area contributed by atoms with Crippen LogP contribution in [0.5, 0.6) is 0 Å². The molecule has 0 saturated carbocycles. The maximum atomic E-state index is 14.9. The van der Waals surface area contributed by atoms with E-state index in [9.17, 15) is 27.0 Å². The fraction of sp³-hybridized carbons (Fsp3) is 0.125. The van der Waals surface area contributed by atoms with Crippen molar-refractivity contribution in [1.82, 2.24) is 9.97 Å². The summed E-state index contributed by atoms with van der Waals surface area (Å²) in [4.78, 5) is 17.8. The maximum Gasteiger partial charge on any atom is 0.406 e. The third-order valence-corrected chi connectivity index (χ3v) is 8.39. The van der Waals surface area contributed by atoms with Gasteiger partial charge in [0.25, 0.3) is 0 Å². The standard InChI is InChI=1S/C16H7Br2F4N2O3PS2/c17-9-3-12-13(29-6-24-12)2-8(9)16(21,22)28(25,26)27-15(19,20)7-1-11-14(4-10(7)18)30-5-23-11/h1-6H,(H,25,26). The first kappa shape index (κ1) is 22.3. The summed E-state index contributed by atoms with van der Waals surface area (Å²) in [5.74, 6) is 0. The molecule has 14 heteroatoms. The highest BCUT2D eigenvalue weighted by Crippen LogP contribution is 2.67. The van der Waals surface area contributed by atoms with Gasteiger partial charge in [-0.2, -0.15) is 17.6 Å². The van der Waals surface area contributed by atoms with Crippen LogP contribution in [-0.2, 0) is 20.9 Å². The lowest BCUT2D eigenvalue weighted by Gasteiger charge is -2.27. The van der Waals surface area contributed by atoms with Crippen LogP contribution in [0.15, 0.2) is 44.2 Å². The molecule has 2 heterocycles. The second kappa shape index (κ2) is 7.58. The number of alkyl halides is 4. The van der Waals surface area contributed by atoms with Gasteiger partial charge in [0.05, 0.1) is 37.0 Å². The fourth-order valence-electron chi connectivity index (χ4n) is 2.62. The molecule has 2 aromatic heterocycles. The molecule has 1 N–H and O–H groups in total. The summed E-state index contributed by atoms with van der Waals surface area (Å²) >= 11 is 8.00. The number of rotatable bonds is 5. The number of thiazole rings is 2. The molecule has 1 unspecified atom stereocenters. The van der Waals surface area contributed by atoms with Crippen LogP contribution in [0.3, 0.4) is 0 Å². The van der Waals surface area contributed by atoms with Gasteiger partial charge in [-0.05, 0) is 24.3 Å². The van der Waals surface area contributed by atoms with E-state index in [0.717, 1.165) is 23.5 Å². The summed E-state index contributed by atoms with van der Waals surface area (Å²) in [5, 5.41) is 0. The van der Waals surface area contributed by atoms with E-state index in [-0.39, 0.29) is 19.2 Å². The molecular formula is C16H7Br2F4N2O3PS2. The van der Waals surface area contributed by atoms with Gasteiger partial charge in [-0.3, -0.25) is 4.57 Å². The van der Waals surface area contributed by atoms with Gasteiger partial charge < -0.3 is 4.89 Å². The Bertz CT molecular complexity index is 1330. The minimum atomic E-state index is -6.22. The molecular weight excluding hydrogens is 599 g/mol. The molecule has 2 aromatic carbocycles. The van der Waals surface area contributed by atoms with Crippen LogP contribution >= 0.6 is 62.1 Å². The van der Waals surface area contributed by atoms with E-state index in [2.05, 4.69) is 46.4 Å². The van der Waals surface area contributed by atoms with Crippen molar-refractivity contribution in [3.8, 4) is 0 Å². The quantitative estimate of drug-likeness (QED) is 0.189. The van der Waals surface area contributed by atoms with Crippen LogP contribution in [0, 0.1) is 0 Å². The van der Waals surface area contributed by atoms with E-state index in [0.29, 0.717) is 10.2 Å². The lowest BCUT2D eigenvalue weighted by Crippen LogP contribution is -2.24. The Morgan fingerprint density at radius 2 is 1.43 bits per heavy atom. The largest absolute Gasteiger partial charge is 0.406 e. The van der Waals surface area contributed by atoms with Crippen LogP contribution in [0.25, 0.3) is 20.4 Å². The lowest BCUT2D eigenvalue weighted by atomic mass is 10.2. The van der Waals surface area contributed by atoms with Crippen molar-refractivity contribution < 1.29 is 31.5 Å². The van der Waals surface area contributed by atoms with Crippen LogP contribution in [-0.4, -0.2) is 14.9 Å². The zero-order valence-electron chi connectivity index (χ0n) is 14.2. The maximum absolute atomic E-state index is 14.9. The molecule has 1 atom stereocenters. The summed E-state index contributed by atoms with van der Waals surface area (Å²) in [5.41, 5.74) is -3.15. The second-order valence-corrected chi connectivity index (χ2v) is 11.2. The first-order valence-corrected chi connectivity index (χ1v) is 12.7. The van der Waals surface area contributed by atoms with Crippen LogP contribution in [0.2, 0.25) is 0 Å². The SMILES string of the molecule is O=P(O)(OC(F)(F)c1cc2ncsc2cc1Br)C(F)(F)c1cc2scnc2cc1Br. The van der Waals surface area contributed by atoms with Crippen molar-refractivity contribution in [2.45, 2.75) is 11.8 Å². The Morgan fingerprint density at radius 1 is 0.900 bits per heavy atom. The van der Waals surface area contributed by atoms with Crippen molar-refractivity contribution in [3.63, 3.8) is 0 Å². The average molecular weight is 606 g/mol. The molecule has 5 nitrogen and oxygen atoms in total. The van der Waals surface area contributed by atoms with Crippen LogP contribution in [0.1, 0.15) is 11.1 Å². The van der Waals surface area contributed by atoms with E-state index in [1.54, 1.807) is 0 Å². The molecule has 4 rings (SSSR count). The van der Waals surface area contributed by atoms with E-state index in [4.69, 9.17) is 0 Å². The number of nitrogens with zero attached hydrogens (tertiary/aromatic N) is 2. The van der Waals surface area contributed by atoms with Gasteiger partial charge in [0, 0.05) is 14.5 Å². The van der Waals surface area contributed by atoms with Crippen molar-refractivity contribution in [2.24, 2.45) is 0 Å². The monoisotopic (exact) mass is 604 g/mol. The Morgan fingerprint density at radius 3 is 2.07 bits per heavy atom. The average Bonchev–Trinajstić information content (AvgIpc) is 3.26. The Labute approximate surface area is 190 Å². The number of benzene rings is 2. The normalized spacial score (nSPS) is 15.0. The molecule has 0 aliphatic carbocycles. The summed E-state index contributed by atoms with van der Waals surface area (Å²) in [6, 6.07) is 4.33. The topological polar surface area (TPSA) is 72.3 Å². The molecule has 158 valence electrons. The molecule has 4 aromatic rings. The number of hydrogen-bond acceptors (Lipinski definition) is 6. The summed E-state index contributed by atoms with van der Waals surface area (Å²) in [7, 11) is -6.22. The molecule has 0 amide bonds. The minimum absolute atomic E-state index is 0.166. The predicted molar refractivity (Wildman–Crippen MR) is 113 cm³/mol. The van der Waals surface area contributed by atoms with E-state index < -0.39 is 30.5 Å². The molecule has 0 radical (unpaired) electrons. The molecule has 0 aliphatic heterocycles. The summed E-state index contributed by atoms with van der Waals surface area (Å²) < 4.78 is 76.1. The molecule has 0 aliphatic rings. The van der Waals surface area contributed by atoms with Crippen LogP contribution < -0.4 is 0 Å². The van der Waals surface area contributed by atoms with Gasteiger partial charge >= 0.3 is 19.4 Å². The van der Waals surface area contributed by atoms with E-state index in [1.807, 2.05) is 0 Å². The highest BCUT2D eigenvalue weighted by Gasteiger charge is 2.59. The predicted octanol–water partition coefficient (Wildman–Crippen LogP) is 7.43. The summed E-state index contributed by atoms with van der Waals surface area (Å²) in [6.45, 7) is 0. The molecule has 0 fully saturated rings. The smallest absolute Gasteiger partial charge is 0.320 e. The number of halogens is 6. The first-order valence-electron chi connectivity index (χ1n) is 7.78. The van der Waals surface area contributed by atoms with E-state index >= 15 is 0 Å². The van der Waals surface area contributed by atoms with Gasteiger partial charge in [-0.25, -0.2) is 14.5 Å². The van der Waals surface area contributed by atoms with Gasteiger partial charge in [0.2, 0.25) is 0 Å². The molecule has 0 bridgehead atoms. The highest BCUT2D eigenvalue weighted by molar-refractivity contribution is 9.10. The second-order valence-electron chi connectivity index (χ2n) is 5.97. The number of fused-ring (bicyclic) bond motifs is 2. The Hall–Kier alpha value is -0.950. The van der Waals surface area contributed by atoms with Crippen molar-refractivity contribution in [3.05, 3.63) is 55.4 Å². The Kier molecular flexibility index (Phi) is 5.62. The Balaban J connectivity index is 1.74. The third-order valence-electron chi connectivity index (χ3n) is 4.07. The van der Waals surface area contributed by atoms with Crippen molar-refractivity contribution in [2.75, 3.05) is 0 Å². The third kappa shape index (κ3) is 3.74.